The van der Waals surface area contributed by atoms with Crippen molar-refractivity contribution in [2.75, 3.05) is 26.2 Å². The second kappa shape index (κ2) is 8.06. The molecule has 1 aliphatic heterocycles. The van der Waals surface area contributed by atoms with Gasteiger partial charge in [0.25, 0.3) is 0 Å². The van der Waals surface area contributed by atoms with Crippen LogP contribution in [-0.4, -0.2) is 49.3 Å². The highest BCUT2D eigenvalue weighted by molar-refractivity contribution is 4.81. The molecule has 0 radical (unpaired) electrons. The lowest BCUT2D eigenvalue weighted by atomic mass is 10.0. The van der Waals surface area contributed by atoms with Crippen molar-refractivity contribution in [3.63, 3.8) is 0 Å². The van der Waals surface area contributed by atoms with Crippen LogP contribution in [-0.2, 0) is 4.74 Å². The molecular formula is C14H30N2O. The fourth-order valence-corrected chi connectivity index (χ4v) is 2.63. The Bertz CT molecular complexity index is 199. The molecule has 0 aliphatic carbocycles. The van der Waals surface area contributed by atoms with E-state index in [4.69, 9.17) is 4.74 Å². The molecule has 1 aliphatic rings. The summed E-state index contributed by atoms with van der Waals surface area (Å²) in [5, 5.41) is 3.40. The molecular weight excluding hydrogens is 212 g/mol. The number of rotatable bonds is 7. The zero-order chi connectivity index (χ0) is 12.7. The molecule has 1 heterocycles. The highest BCUT2D eigenvalue weighted by atomic mass is 16.5. The van der Waals surface area contributed by atoms with E-state index in [0.717, 1.165) is 26.2 Å². The van der Waals surface area contributed by atoms with Crippen LogP contribution in [0.3, 0.4) is 0 Å². The Morgan fingerprint density at radius 3 is 2.82 bits per heavy atom. The number of morpholine rings is 1. The Morgan fingerprint density at radius 1 is 1.41 bits per heavy atom. The fourth-order valence-electron chi connectivity index (χ4n) is 2.63. The molecule has 0 aromatic rings. The van der Waals surface area contributed by atoms with Gasteiger partial charge in [-0.1, -0.05) is 13.8 Å². The van der Waals surface area contributed by atoms with Gasteiger partial charge in [0.05, 0.1) is 12.7 Å². The Kier molecular flexibility index (Phi) is 7.09. The molecule has 3 unspecified atom stereocenters. The highest BCUT2D eigenvalue weighted by Crippen LogP contribution is 2.19. The first-order valence-electron chi connectivity index (χ1n) is 7.27. The van der Waals surface area contributed by atoms with Gasteiger partial charge in [0.2, 0.25) is 0 Å². The molecule has 0 bridgehead atoms. The van der Waals surface area contributed by atoms with Gasteiger partial charge >= 0.3 is 0 Å². The van der Waals surface area contributed by atoms with Crippen molar-refractivity contribution in [3.8, 4) is 0 Å². The maximum Gasteiger partial charge on any atom is 0.0674 e. The molecule has 3 heteroatoms. The van der Waals surface area contributed by atoms with Crippen LogP contribution in [0.1, 0.15) is 47.0 Å². The molecule has 0 spiro atoms. The van der Waals surface area contributed by atoms with Crippen LogP contribution in [0.25, 0.3) is 0 Å². The van der Waals surface area contributed by atoms with Crippen molar-refractivity contribution in [1.82, 2.24) is 10.2 Å². The summed E-state index contributed by atoms with van der Waals surface area (Å²) in [7, 11) is 0. The molecule has 1 fully saturated rings. The normalized spacial score (nSPS) is 28.2. The predicted molar refractivity (Wildman–Crippen MR) is 73.4 cm³/mol. The van der Waals surface area contributed by atoms with Gasteiger partial charge in [0.1, 0.15) is 0 Å². The van der Waals surface area contributed by atoms with Gasteiger partial charge in [-0.15, -0.1) is 0 Å². The second-order valence-electron chi connectivity index (χ2n) is 5.25. The van der Waals surface area contributed by atoms with E-state index in [1.807, 2.05) is 0 Å². The van der Waals surface area contributed by atoms with Crippen molar-refractivity contribution >= 4 is 0 Å². The molecule has 0 aromatic carbocycles. The molecule has 0 saturated carbocycles. The lowest BCUT2D eigenvalue weighted by Gasteiger charge is -2.42. The van der Waals surface area contributed by atoms with E-state index in [2.05, 4.69) is 37.9 Å². The SMILES string of the molecule is CCNCCCC(C)N1CC(C)OCC1CC. The Hall–Kier alpha value is -0.120. The molecule has 1 rings (SSSR count). The zero-order valence-corrected chi connectivity index (χ0v) is 12.0. The van der Waals surface area contributed by atoms with Crippen LogP contribution in [0.15, 0.2) is 0 Å². The summed E-state index contributed by atoms with van der Waals surface area (Å²) in [5.74, 6) is 0. The second-order valence-corrected chi connectivity index (χ2v) is 5.25. The quantitative estimate of drug-likeness (QED) is 0.693. The van der Waals surface area contributed by atoms with E-state index in [-0.39, 0.29) is 0 Å². The van der Waals surface area contributed by atoms with Crippen molar-refractivity contribution in [2.45, 2.75) is 65.1 Å². The van der Waals surface area contributed by atoms with Crippen molar-refractivity contribution in [2.24, 2.45) is 0 Å². The number of hydrogen-bond acceptors (Lipinski definition) is 3. The van der Waals surface area contributed by atoms with Gasteiger partial charge in [-0.25, -0.2) is 0 Å². The molecule has 3 nitrogen and oxygen atoms in total. The van der Waals surface area contributed by atoms with E-state index >= 15 is 0 Å². The smallest absolute Gasteiger partial charge is 0.0674 e. The van der Waals surface area contributed by atoms with Gasteiger partial charge in [-0.3, -0.25) is 4.90 Å². The van der Waals surface area contributed by atoms with Gasteiger partial charge in [-0.05, 0) is 46.2 Å². The Morgan fingerprint density at radius 2 is 2.18 bits per heavy atom. The zero-order valence-electron chi connectivity index (χ0n) is 12.0. The van der Waals surface area contributed by atoms with E-state index in [9.17, 15) is 0 Å². The summed E-state index contributed by atoms with van der Waals surface area (Å²) in [5.41, 5.74) is 0. The number of nitrogens with zero attached hydrogens (tertiary/aromatic N) is 1. The summed E-state index contributed by atoms with van der Waals surface area (Å²) in [6, 6.07) is 1.31. The molecule has 17 heavy (non-hydrogen) atoms. The van der Waals surface area contributed by atoms with Crippen molar-refractivity contribution < 1.29 is 4.74 Å². The minimum absolute atomic E-state index is 0.397. The van der Waals surface area contributed by atoms with Crippen LogP contribution in [0, 0.1) is 0 Å². The summed E-state index contributed by atoms with van der Waals surface area (Å²) in [6.45, 7) is 13.2. The summed E-state index contributed by atoms with van der Waals surface area (Å²) < 4.78 is 5.75. The first-order chi connectivity index (χ1) is 8.19. The average Bonchev–Trinajstić information content (AvgIpc) is 2.34. The number of hydrogen-bond donors (Lipinski definition) is 1. The van der Waals surface area contributed by atoms with Crippen LogP contribution in [0.2, 0.25) is 0 Å². The van der Waals surface area contributed by atoms with E-state index < -0.39 is 0 Å². The fraction of sp³-hybridized carbons (Fsp3) is 1.00. The van der Waals surface area contributed by atoms with Crippen LogP contribution >= 0.6 is 0 Å². The monoisotopic (exact) mass is 242 g/mol. The summed E-state index contributed by atoms with van der Waals surface area (Å²) >= 11 is 0. The topological polar surface area (TPSA) is 24.5 Å². The van der Waals surface area contributed by atoms with Gasteiger partial charge in [0.15, 0.2) is 0 Å². The van der Waals surface area contributed by atoms with Gasteiger partial charge < -0.3 is 10.1 Å². The first-order valence-corrected chi connectivity index (χ1v) is 7.27. The third-order valence-corrected chi connectivity index (χ3v) is 3.77. The first kappa shape index (κ1) is 14.9. The maximum atomic E-state index is 5.75. The molecule has 102 valence electrons. The van der Waals surface area contributed by atoms with E-state index in [1.54, 1.807) is 0 Å². The van der Waals surface area contributed by atoms with Crippen molar-refractivity contribution in [1.29, 1.82) is 0 Å². The van der Waals surface area contributed by atoms with E-state index in [0.29, 0.717) is 18.2 Å². The summed E-state index contributed by atoms with van der Waals surface area (Å²) in [6.07, 6.45) is 4.16. The minimum Gasteiger partial charge on any atom is -0.376 e. The van der Waals surface area contributed by atoms with Crippen LogP contribution in [0.5, 0.6) is 0 Å². The third kappa shape index (κ3) is 4.94. The van der Waals surface area contributed by atoms with Crippen LogP contribution < -0.4 is 5.32 Å². The third-order valence-electron chi connectivity index (χ3n) is 3.77. The summed E-state index contributed by atoms with van der Waals surface area (Å²) in [4.78, 5) is 2.65. The predicted octanol–water partition coefficient (Wildman–Crippen LogP) is 2.26. The molecule has 0 amide bonds. The van der Waals surface area contributed by atoms with Gasteiger partial charge in [-0.2, -0.15) is 0 Å². The Balaban J connectivity index is 2.33. The average molecular weight is 242 g/mol. The molecule has 1 saturated heterocycles. The highest BCUT2D eigenvalue weighted by Gasteiger charge is 2.28. The van der Waals surface area contributed by atoms with E-state index in [1.165, 1.54) is 19.3 Å². The maximum absolute atomic E-state index is 5.75. The van der Waals surface area contributed by atoms with Crippen molar-refractivity contribution in [3.05, 3.63) is 0 Å². The van der Waals surface area contributed by atoms with Crippen LogP contribution in [0.4, 0.5) is 0 Å². The minimum atomic E-state index is 0.397. The molecule has 1 N–H and O–H groups in total. The lowest BCUT2D eigenvalue weighted by molar-refractivity contribution is -0.0710. The Labute approximate surface area is 107 Å². The standard InChI is InChI=1S/C14H30N2O/c1-5-14-11-17-13(4)10-16(14)12(3)8-7-9-15-6-2/h12-15H,5-11H2,1-4H3. The largest absolute Gasteiger partial charge is 0.376 e. The lowest BCUT2D eigenvalue weighted by Crippen LogP contribution is -2.52. The molecule has 0 aromatic heterocycles. The number of nitrogens with one attached hydrogen (secondary N) is 1. The molecule has 3 atom stereocenters. The number of ether oxygens (including phenoxy) is 1. The van der Waals surface area contributed by atoms with Gasteiger partial charge in [0, 0.05) is 18.6 Å².